The molecule has 5 nitrogen and oxygen atoms in total. The number of fused-ring (bicyclic) bond motifs is 1. The van der Waals surface area contributed by atoms with Crippen molar-refractivity contribution < 1.29 is 9.53 Å². The fraction of sp³-hybridized carbons (Fsp3) is 0.304. The molecule has 143 valence electrons. The van der Waals surface area contributed by atoms with Crippen molar-refractivity contribution in [3.63, 3.8) is 0 Å². The molecule has 1 fully saturated rings. The summed E-state index contributed by atoms with van der Waals surface area (Å²) in [7, 11) is 1.86. The number of amides is 1. The summed E-state index contributed by atoms with van der Waals surface area (Å²) in [4.78, 5) is 20.8. The van der Waals surface area contributed by atoms with Crippen LogP contribution in [0.1, 0.15) is 6.92 Å². The number of likely N-dealkylation sites (N-methyl/N-ethyl adjacent to an activating group) is 1. The number of pyridine rings is 1. The molecule has 1 aliphatic rings. The molecule has 28 heavy (non-hydrogen) atoms. The summed E-state index contributed by atoms with van der Waals surface area (Å²) in [6.45, 7) is 4.89. The van der Waals surface area contributed by atoms with Crippen molar-refractivity contribution >= 4 is 16.8 Å². The van der Waals surface area contributed by atoms with Gasteiger partial charge >= 0.3 is 0 Å². The highest BCUT2D eigenvalue weighted by Crippen LogP contribution is 2.24. The van der Waals surface area contributed by atoms with Gasteiger partial charge in [-0.05, 0) is 43.3 Å². The van der Waals surface area contributed by atoms with Gasteiger partial charge in [0.15, 0.2) is 0 Å². The van der Waals surface area contributed by atoms with Crippen molar-refractivity contribution in [1.82, 2.24) is 14.8 Å². The van der Waals surface area contributed by atoms with Crippen molar-refractivity contribution in [3.8, 4) is 17.0 Å². The fourth-order valence-electron chi connectivity index (χ4n) is 3.56. The van der Waals surface area contributed by atoms with Crippen LogP contribution >= 0.6 is 0 Å². The van der Waals surface area contributed by atoms with E-state index in [1.165, 1.54) is 0 Å². The van der Waals surface area contributed by atoms with E-state index in [-0.39, 0.29) is 11.9 Å². The van der Waals surface area contributed by atoms with Gasteiger partial charge in [0.25, 0.3) is 0 Å². The number of ether oxygens (including phenoxy) is 1. The van der Waals surface area contributed by atoms with E-state index >= 15 is 0 Å². The number of rotatable bonds is 5. The van der Waals surface area contributed by atoms with E-state index in [1.807, 2.05) is 62.5 Å². The number of carbonyl (C=O) groups excluding carboxylic acids is 1. The van der Waals surface area contributed by atoms with Gasteiger partial charge in [-0.2, -0.15) is 0 Å². The number of hydrogen-bond acceptors (Lipinski definition) is 4. The Morgan fingerprint density at radius 1 is 1.21 bits per heavy atom. The van der Waals surface area contributed by atoms with E-state index in [0.717, 1.165) is 47.5 Å². The van der Waals surface area contributed by atoms with Gasteiger partial charge < -0.3 is 9.64 Å². The molecule has 1 radical (unpaired) electrons. The molecule has 2 aromatic carbocycles. The number of aromatic nitrogens is 1. The Balaban J connectivity index is 1.42. The average Bonchev–Trinajstić information content (AvgIpc) is 2.73. The van der Waals surface area contributed by atoms with Crippen LogP contribution in [0, 0.1) is 6.07 Å². The standard InChI is InChI=1S/C23H24N3O2/c1-17-23(27)25(2)12-13-26(17)14-15-28-20-8-5-7-19(16-20)22-11-10-18-6-3-4-9-21(18)24-22/h4-11,16-17H,12-15H2,1-2H3/t17-/m0/s1. The minimum absolute atomic E-state index is 0.0901. The van der Waals surface area contributed by atoms with Gasteiger partial charge in [-0.25, -0.2) is 4.98 Å². The van der Waals surface area contributed by atoms with E-state index in [0.29, 0.717) is 6.61 Å². The van der Waals surface area contributed by atoms with E-state index in [2.05, 4.69) is 17.0 Å². The molecule has 1 aliphatic heterocycles. The first kappa shape index (κ1) is 18.4. The maximum Gasteiger partial charge on any atom is 0.239 e. The van der Waals surface area contributed by atoms with Crippen molar-refractivity contribution in [3.05, 3.63) is 60.7 Å². The Bertz CT molecular complexity index is 988. The fourth-order valence-corrected chi connectivity index (χ4v) is 3.56. The van der Waals surface area contributed by atoms with Crippen LogP contribution in [-0.2, 0) is 4.79 Å². The second kappa shape index (κ2) is 7.98. The molecule has 1 amide bonds. The number of benzene rings is 2. The number of hydrogen-bond donors (Lipinski definition) is 0. The highest BCUT2D eigenvalue weighted by atomic mass is 16.5. The number of nitrogens with zero attached hydrogens (tertiary/aromatic N) is 3. The first-order chi connectivity index (χ1) is 13.6. The smallest absolute Gasteiger partial charge is 0.239 e. The lowest BCUT2D eigenvalue weighted by Gasteiger charge is -2.37. The summed E-state index contributed by atoms with van der Waals surface area (Å²) in [5.41, 5.74) is 2.90. The third-order valence-corrected chi connectivity index (χ3v) is 5.31. The highest BCUT2D eigenvalue weighted by molar-refractivity contribution is 5.82. The van der Waals surface area contributed by atoms with Gasteiger partial charge in [0, 0.05) is 37.6 Å². The minimum Gasteiger partial charge on any atom is -0.492 e. The van der Waals surface area contributed by atoms with Gasteiger partial charge in [-0.3, -0.25) is 9.69 Å². The maximum atomic E-state index is 12.1. The molecule has 3 aromatic rings. The predicted octanol–water partition coefficient (Wildman–Crippen LogP) is 3.24. The summed E-state index contributed by atoms with van der Waals surface area (Å²) >= 11 is 0. The predicted molar refractivity (Wildman–Crippen MR) is 110 cm³/mol. The molecule has 2 heterocycles. The first-order valence-electron chi connectivity index (χ1n) is 9.61. The first-order valence-corrected chi connectivity index (χ1v) is 9.61. The Morgan fingerprint density at radius 3 is 3.00 bits per heavy atom. The molecular formula is C23H24N3O2. The Hall–Kier alpha value is -2.92. The molecule has 0 unspecified atom stereocenters. The normalized spacial score (nSPS) is 17.9. The molecule has 5 heteroatoms. The molecular weight excluding hydrogens is 350 g/mol. The molecule has 1 atom stereocenters. The molecule has 0 saturated carbocycles. The van der Waals surface area contributed by atoms with Crippen molar-refractivity contribution in [2.45, 2.75) is 13.0 Å². The van der Waals surface area contributed by atoms with E-state index in [4.69, 9.17) is 9.72 Å². The van der Waals surface area contributed by atoms with Crippen molar-refractivity contribution in [1.29, 1.82) is 0 Å². The van der Waals surface area contributed by atoms with Crippen LogP contribution in [0.4, 0.5) is 0 Å². The topological polar surface area (TPSA) is 45.7 Å². The molecule has 1 saturated heterocycles. The second-order valence-electron chi connectivity index (χ2n) is 7.16. The maximum absolute atomic E-state index is 12.1. The highest BCUT2D eigenvalue weighted by Gasteiger charge is 2.28. The summed E-state index contributed by atoms with van der Waals surface area (Å²) in [6.07, 6.45) is 0. The second-order valence-corrected chi connectivity index (χ2v) is 7.16. The average molecular weight is 374 g/mol. The van der Waals surface area contributed by atoms with Crippen LogP contribution in [0.25, 0.3) is 22.2 Å². The van der Waals surface area contributed by atoms with E-state index in [9.17, 15) is 4.79 Å². The van der Waals surface area contributed by atoms with Gasteiger partial charge in [0.2, 0.25) is 5.91 Å². The third-order valence-electron chi connectivity index (χ3n) is 5.31. The Morgan fingerprint density at radius 2 is 2.11 bits per heavy atom. The molecule has 0 spiro atoms. The van der Waals surface area contributed by atoms with Crippen LogP contribution < -0.4 is 4.74 Å². The van der Waals surface area contributed by atoms with Crippen LogP contribution in [0.5, 0.6) is 5.75 Å². The van der Waals surface area contributed by atoms with Crippen LogP contribution in [0.2, 0.25) is 0 Å². The van der Waals surface area contributed by atoms with Crippen LogP contribution in [0.3, 0.4) is 0 Å². The molecule has 1 aromatic heterocycles. The summed E-state index contributed by atoms with van der Waals surface area (Å²) in [5.74, 6) is 0.988. The van der Waals surface area contributed by atoms with Crippen LogP contribution in [0.15, 0.2) is 54.6 Å². The quantitative estimate of drug-likeness (QED) is 0.688. The molecule has 0 N–H and O–H groups in total. The monoisotopic (exact) mass is 374 g/mol. The lowest BCUT2D eigenvalue weighted by atomic mass is 10.1. The van der Waals surface area contributed by atoms with E-state index in [1.54, 1.807) is 4.90 Å². The van der Waals surface area contributed by atoms with Crippen molar-refractivity contribution in [2.24, 2.45) is 0 Å². The van der Waals surface area contributed by atoms with Gasteiger partial charge in [-0.15, -0.1) is 0 Å². The molecule has 0 bridgehead atoms. The summed E-state index contributed by atoms with van der Waals surface area (Å²) < 4.78 is 5.97. The summed E-state index contributed by atoms with van der Waals surface area (Å²) in [6, 6.07) is 20.9. The van der Waals surface area contributed by atoms with Crippen molar-refractivity contribution in [2.75, 3.05) is 33.3 Å². The third kappa shape index (κ3) is 3.85. The Labute approximate surface area is 165 Å². The number of carbonyl (C=O) groups is 1. The van der Waals surface area contributed by atoms with Gasteiger partial charge in [0.05, 0.1) is 17.3 Å². The Kier molecular flexibility index (Phi) is 5.26. The molecule has 4 rings (SSSR count). The number of piperazine rings is 1. The lowest BCUT2D eigenvalue weighted by Crippen LogP contribution is -2.55. The zero-order valence-corrected chi connectivity index (χ0v) is 16.3. The SMILES string of the molecule is C[C@H]1C(=O)N(C)CCN1CCOc1cccc(-c2ccc3c[c]ccc3n2)c1. The minimum atomic E-state index is -0.0901. The largest absolute Gasteiger partial charge is 0.492 e. The van der Waals surface area contributed by atoms with Gasteiger partial charge in [-0.1, -0.05) is 24.3 Å². The van der Waals surface area contributed by atoms with E-state index < -0.39 is 0 Å². The molecule has 0 aliphatic carbocycles. The zero-order valence-electron chi connectivity index (χ0n) is 16.3. The zero-order chi connectivity index (χ0) is 19.5. The summed E-state index contributed by atoms with van der Waals surface area (Å²) in [5, 5.41) is 1.08. The van der Waals surface area contributed by atoms with Gasteiger partial charge in [0.1, 0.15) is 12.4 Å². The lowest BCUT2D eigenvalue weighted by molar-refractivity contribution is -0.139. The van der Waals surface area contributed by atoms with Crippen LogP contribution in [-0.4, -0.2) is 60.0 Å².